The third-order valence-corrected chi connectivity index (χ3v) is 4.58. The molecule has 0 spiro atoms. The fourth-order valence-corrected chi connectivity index (χ4v) is 2.96. The fourth-order valence-electron chi connectivity index (χ4n) is 2.50. The molecule has 2 aromatic carbocycles. The van der Waals surface area contributed by atoms with Gasteiger partial charge in [-0.2, -0.15) is 0 Å². The molecule has 2 aromatic rings. The average molecular weight is 440 g/mol. The number of nitrogens with zero attached hydrogens (tertiary/aromatic N) is 1. The topological polar surface area (TPSA) is 65.0 Å². The van der Waals surface area contributed by atoms with Gasteiger partial charge in [0, 0.05) is 22.0 Å². The van der Waals surface area contributed by atoms with Crippen molar-refractivity contribution in [2.75, 3.05) is 6.61 Å². The number of carbonyl (C=O) groups is 2. The van der Waals surface area contributed by atoms with Crippen LogP contribution in [0, 0.1) is 11.7 Å². The predicted octanol–water partition coefficient (Wildman–Crippen LogP) is 5.02. The normalized spacial score (nSPS) is 12.0. The molecule has 29 heavy (non-hydrogen) atoms. The van der Waals surface area contributed by atoms with Gasteiger partial charge in [-0.05, 0) is 43.2 Å². The molecule has 0 saturated carbocycles. The Bertz CT molecular complexity index is 871. The highest BCUT2D eigenvalue weighted by molar-refractivity contribution is 6.35. The van der Waals surface area contributed by atoms with E-state index in [1.165, 1.54) is 30.5 Å². The molecule has 0 bridgehead atoms. The number of carbonyl (C=O) groups excluding carboxylic acids is 2. The van der Waals surface area contributed by atoms with E-state index in [9.17, 15) is 14.0 Å². The molecule has 0 aliphatic heterocycles. The van der Waals surface area contributed by atoms with Gasteiger partial charge in [0.25, 0.3) is 0 Å². The Kier molecular flexibility index (Phi) is 9.09. The molecule has 0 heterocycles. The first-order chi connectivity index (χ1) is 13.9. The molecule has 0 fully saturated rings. The number of oxime groups is 1. The number of ketones is 1. The van der Waals surface area contributed by atoms with Crippen LogP contribution in [0.4, 0.5) is 4.39 Å². The van der Waals surface area contributed by atoms with Crippen LogP contribution in [0.1, 0.15) is 24.5 Å². The monoisotopic (exact) mass is 439 g/mol. The number of halogens is 3. The van der Waals surface area contributed by atoms with Crippen LogP contribution in [-0.2, 0) is 32.2 Å². The minimum atomic E-state index is -1.00. The van der Waals surface area contributed by atoms with Crippen molar-refractivity contribution < 1.29 is 23.6 Å². The fraction of sp³-hybridized carbons (Fsp3) is 0.286. The Hall–Kier alpha value is -2.44. The summed E-state index contributed by atoms with van der Waals surface area (Å²) in [5, 5.41) is 4.70. The highest BCUT2D eigenvalue weighted by atomic mass is 35.5. The van der Waals surface area contributed by atoms with Gasteiger partial charge in [0.15, 0.2) is 5.78 Å². The summed E-state index contributed by atoms with van der Waals surface area (Å²) in [6, 6.07) is 10.6. The lowest BCUT2D eigenvalue weighted by molar-refractivity contribution is -0.151. The number of ether oxygens (including phenoxy) is 1. The highest BCUT2D eigenvalue weighted by Gasteiger charge is 2.27. The first-order valence-electron chi connectivity index (χ1n) is 8.92. The lowest BCUT2D eigenvalue weighted by Gasteiger charge is -2.13. The molecular weight excluding hydrogens is 420 g/mol. The average Bonchev–Trinajstić information content (AvgIpc) is 2.68. The number of hydrogen-bond donors (Lipinski definition) is 0. The van der Waals surface area contributed by atoms with E-state index < -0.39 is 17.7 Å². The van der Waals surface area contributed by atoms with Crippen molar-refractivity contribution in [3.63, 3.8) is 0 Å². The second-order valence-corrected chi connectivity index (χ2v) is 6.95. The van der Waals surface area contributed by atoms with Crippen LogP contribution >= 0.6 is 23.2 Å². The van der Waals surface area contributed by atoms with Crippen molar-refractivity contribution in [3.8, 4) is 0 Å². The van der Waals surface area contributed by atoms with Crippen molar-refractivity contribution in [1.29, 1.82) is 0 Å². The molecule has 0 aromatic heterocycles. The summed E-state index contributed by atoms with van der Waals surface area (Å²) in [5.41, 5.74) is 1.35. The molecule has 0 aliphatic carbocycles. The van der Waals surface area contributed by atoms with E-state index in [0.29, 0.717) is 21.2 Å². The largest absolute Gasteiger partial charge is 0.465 e. The zero-order valence-electron chi connectivity index (χ0n) is 15.7. The second-order valence-electron chi connectivity index (χ2n) is 6.10. The maximum atomic E-state index is 13.1. The van der Waals surface area contributed by atoms with Crippen LogP contribution in [0.15, 0.2) is 47.6 Å². The van der Waals surface area contributed by atoms with Crippen LogP contribution in [0.25, 0.3) is 0 Å². The predicted molar refractivity (Wildman–Crippen MR) is 110 cm³/mol. The summed E-state index contributed by atoms with van der Waals surface area (Å²) >= 11 is 11.9. The van der Waals surface area contributed by atoms with Crippen LogP contribution in [0.5, 0.6) is 0 Å². The Morgan fingerprint density at radius 3 is 2.55 bits per heavy atom. The van der Waals surface area contributed by atoms with Gasteiger partial charge in [-0.25, -0.2) is 4.39 Å². The Morgan fingerprint density at radius 1 is 1.17 bits per heavy atom. The van der Waals surface area contributed by atoms with E-state index in [2.05, 4.69) is 5.16 Å². The molecule has 8 heteroatoms. The number of rotatable bonds is 10. The smallest absolute Gasteiger partial charge is 0.316 e. The highest BCUT2D eigenvalue weighted by Crippen LogP contribution is 2.21. The number of Topliss-reactive ketones (excluding diaryl/α,β-unsaturated/α-hetero) is 1. The zero-order chi connectivity index (χ0) is 21.2. The summed E-state index contributed by atoms with van der Waals surface area (Å²) in [5.74, 6) is -2.39. The minimum absolute atomic E-state index is 0.109. The van der Waals surface area contributed by atoms with Gasteiger partial charge in [-0.15, -0.1) is 0 Å². The summed E-state index contributed by atoms with van der Waals surface area (Å²) in [4.78, 5) is 29.8. The molecule has 0 unspecified atom stereocenters. The van der Waals surface area contributed by atoms with Gasteiger partial charge in [-0.3, -0.25) is 9.59 Å². The van der Waals surface area contributed by atoms with Crippen LogP contribution in [-0.4, -0.2) is 24.6 Å². The Balaban J connectivity index is 1.93. The molecule has 0 amide bonds. The van der Waals surface area contributed by atoms with Crippen LogP contribution < -0.4 is 0 Å². The van der Waals surface area contributed by atoms with E-state index in [4.69, 9.17) is 32.8 Å². The summed E-state index contributed by atoms with van der Waals surface area (Å²) in [7, 11) is 0. The quantitative estimate of drug-likeness (QED) is 0.225. The zero-order valence-corrected chi connectivity index (χ0v) is 17.3. The summed E-state index contributed by atoms with van der Waals surface area (Å²) < 4.78 is 18.1. The van der Waals surface area contributed by atoms with Gasteiger partial charge in [0.05, 0.1) is 12.8 Å². The summed E-state index contributed by atoms with van der Waals surface area (Å²) in [6.07, 6.45) is 1.29. The third-order valence-electron chi connectivity index (χ3n) is 3.99. The standard InChI is InChI=1S/C21H20Cl2FNO4/c1-2-28-21(27)18(11-14-3-7-17(24)8-4-14)20(26)9-10-25-29-13-15-5-6-16(22)12-19(15)23/h3-8,10,12,18H,2,9,11,13H2,1H3/b25-10-/t18-/m0/s1. The molecule has 0 radical (unpaired) electrons. The minimum Gasteiger partial charge on any atom is -0.465 e. The molecule has 0 aliphatic rings. The van der Waals surface area contributed by atoms with Gasteiger partial charge < -0.3 is 9.57 Å². The number of benzene rings is 2. The van der Waals surface area contributed by atoms with E-state index in [1.807, 2.05) is 0 Å². The Labute approximate surface area is 178 Å². The third kappa shape index (κ3) is 7.48. The van der Waals surface area contributed by atoms with Gasteiger partial charge in [0.2, 0.25) is 0 Å². The Morgan fingerprint density at radius 2 is 1.90 bits per heavy atom. The molecule has 0 saturated heterocycles. The van der Waals surface area contributed by atoms with Crippen LogP contribution in [0.3, 0.4) is 0 Å². The molecule has 2 rings (SSSR count). The maximum Gasteiger partial charge on any atom is 0.316 e. The van der Waals surface area contributed by atoms with Crippen molar-refractivity contribution in [2.45, 2.75) is 26.4 Å². The molecular formula is C21H20Cl2FNO4. The van der Waals surface area contributed by atoms with E-state index in [-0.39, 0.29) is 31.8 Å². The van der Waals surface area contributed by atoms with Gasteiger partial charge >= 0.3 is 5.97 Å². The summed E-state index contributed by atoms with van der Waals surface area (Å²) in [6.45, 7) is 1.93. The van der Waals surface area contributed by atoms with E-state index in [1.54, 1.807) is 25.1 Å². The molecule has 1 atom stereocenters. The second kappa shape index (κ2) is 11.5. The van der Waals surface area contributed by atoms with Crippen molar-refractivity contribution in [3.05, 3.63) is 69.5 Å². The SMILES string of the molecule is CCOC(=O)[C@@H](Cc1ccc(F)cc1)C(=O)C/C=N\OCc1ccc(Cl)cc1Cl. The lowest BCUT2D eigenvalue weighted by atomic mass is 9.94. The van der Waals surface area contributed by atoms with Crippen molar-refractivity contribution >= 4 is 41.2 Å². The molecule has 5 nitrogen and oxygen atoms in total. The first-order valence-corrected chi connectivity index (χ1v) is 9.67. The maximum absolute atomic E-state index is 13.1. The van der Waals surface area contributed by atoms with Crippen LogP contribution in [0.2, 0.25) is 10.0 Å². The number of esters is 1. The van der Waals surface area contributed by atoms with E-state index in [0.717, 1.165) is 0 Å². The van der Waals surface area contributed by atoms with Crippen molar-refractivity contribution in [1.82, 2.24) is 0 Å². The van der Waals surface area contributed by atoms with Gasteiger partial charge in [0.1, 0.15) is 18.3 Å². The van der Waals surface area contributed by atoms with Gasteiger partial charge in [-0.1, -0.05) is 46.6 Å². The van der Waals surface area contributed by atoms with Crippen molar-refractivity contribution in [2.24, 2.45) is 11.1 Å². The number of hydrogen-bond acceptors (Lipinski definition) is 5. The molecule has 0 N–H and O–H groups in total. The lowest BCUT2D eigenvalue weighted by Crippen LogP contribution is -2.28. The molecule has 154 valence electrons. The van der Waals surface area contributed by atoms with E-state index >= 15 is 0 Å². The first kappa shape index (κ1) is 22.8.